The van der Waals surface area contributed by atoms with Gasteiger partial charge in [0.15, 0.2) is 16.2 Å². The summed E-state index contributed by atoms with van der Waals surface area (Å²) < 4.78 is 38.6. The number of methoxy groups -OCH3 is 1. The highest BCUT2D eigenvalue weighted by atomic mass is 32.3. The maximum absolute atomic E-state index is 13.0. The molecule has 33 heavy (non-hydrogen) atoms. The molecule has 1 aliphatic rings. The van der Waals surface area contributed by atoms with E-state index in [-0.39, 0.29) is 22.6 Å². The summed E-state index contributed by atoms with van der Waals surface area (Å²) in [5, 5.41) is 3.73. The van der Waals surface area contributed by atoms with Crippen molar-refractivity contribution in [2.24, 2.45) is 0 Å². The molecule has 0 radical (unpaired) electrons. The van der Waals surface area contributed by atoms with Gasteiger partial charge in [0.25, 0.3) is 5.91 Å². The van der Waals surface area contributed by atoms with Crippen LogP contribution in [0.15, 0.2) is 57.9 Å². The molecule has 1 N–H and O–H groups in total. The number of para-hydroxylation sites is 1. The number of rotatable bonds is 6. The normalized spacial score (nSPS) is 16.4. The number of amides is 1. The fourth-order valence-corrected chi connectivity index (χ4v) is 5.83. The van der Waals surface area contributed by atoms with Crippen molar-refractivity contribution in [2.45, 2.75) is 37.6 Å². The molecule has 1 fully saturated rings. The fraction of sp³-hybridized carbons (Fsp3) is 0.333. The summed E-state index contributed by atoms with van der Waals surface area (Å²) in [6.07, 6.45) is 1.07. The number of carbonyl (C=O) groups is 1. The van der Waals surface area contributed by atoms with Gasteiger partial charge in [-0.1, -0.05) is 39.7 Å². The first-order valence-electron chi connectivity index (χ1n) is 10.8. The summed E-state index contributed by atoms with van der Waals surface area (Å²) in [7, 11) is -2.09. The van der Waals surface area contributed by atoms with E-state index in [1.807, 2.05) is 48.5 Å². The van der Waals surface area contributed by atoms with E-state index in [0.717, 1.165) is 16.9 Å². The Morgan fingerprint density at radius 1 is 1.15 bits per heavy atom. The molecule has 1 unspecified atom stereocenters. The molecule has 1 atom stereocenters. The number of ether oxygens (including phenoxy) is 1. The predicted octanol–water partition coefficient (Wildman–Crippen LogP) is 3.77. The standard InChI is InChI=1S/C24H27N3O5S/c1-16-23(17(2)32-25-16)33(29,30)26-20-12-14-27(15-13-20)24(28)19-10-8-18(9-11-19)21-6-4-5-7-22(21)31-3/h4-11,20H,12-15H2,1-3H3,(H-,26,29,30). The van der Waals surface area contributed by atoms with E-state index < -0.39 is 10.4 Å². The number of carbonyl (C=O) groups excluding carboxylic acids is 1. The van der Waals surface area contributed by atoms with Gasteiger partial charge in [-0.3, -0.25) is 4.79 Å². The zero-order valence-corrected chi connectivity index (χ0v) is 19.7. The largest absolute Gasteiger partial charge is 0.593 e. The van der Waals surface area contributed by atoms with Gasteiger partial charge in [-0.2, -0.15) is 0 Å². The Bertz CT molecular complexity index is 1160. The first-order chi connectivity index (χ1) is 15.8. The van der Waals surface area contributed by atoms with Gasteiger partial charge in [-0.15, -0.1) is 4.72 Å². The van der Waals surface area contributed by atoms with E-state index >= 15 is 0 Å². The zero-order valence-electron chi connectivity index (χ0n) is 18.9. The van der Waals surface area contributed by atoms with Crippen molar-refractivity contribution >= 4 is 16.3 Å². The summed E-state index contributed by atoms with van der Waals surface area (Å²) >= 11 is 0. The molecular formula is C24H27N3O5S. The summed E-state index contributed by atoms with van der Waals surface area (Å²) in [5.74, 6) is 0.982. The molecule has 1 aromatic heterocycles. The molecule has 0 bridgehead atoms. The van der Waals surface area contributed by atoms with Crippen molar-refractivity contribution in [3.63, 3.8) is 0 Å². The Labute approximate surface area is 194 Å². The van der Waals surface area contributed by atoms with Gasteiger partial charge >= 0.3 is 0 Å². The fourth-order valence-electron chi connectivity index (χ4n) is 4.20. The number of hydrogen-bond acceptors (Lipinski definition) is 6. The van der Waals surface area contributed by atoms with Crippen LogP contribution < -0.4 is 9.46 Å². The van der Waals surface area contributed by atoms with Crippen molar-refractivity contribution < 1.29 is 22.8 Å². The second kappa shape index (κ2) is 9.46. The molecule has 3 aromatic rings. The van der Waals surface area contributed by atoms with Gasteiger partial charge < -0.3 is 18.7 Å². The molecule has 0 aliphatic carbocycles. The number of likely N-dealkylation sites (tertiary alicyclic amines) is 1. The van der Waals surface area contributed by atoms with Crippen LogP contribution in [0.3, 0.4) is 0 Å². The Morgan fingerprint density at radius 3 is 2.42 bits per heavy atom. The minimum absolute atomic E-state index is 0.0615. The van der Waals surface area contributed by atoms with Gasteiger partial charge in [-0.25, -0.2) is 0 Å². The van der Waals surface area contributed by atoms with Crippen molar-refractivity contribution in [1.29, 1.82) is 0 Å². The lowest BCUT2D eigenvalue weighted by molar-refractivity contribution is 0.0711. The molecule has 2 heterocycles. The highest BCUT2D eigenvalue weighted by Crippen LogP contribution is 2.30. The van der Waals surface area contributed by atoms with E-state index in [2.05, 4.69) is 9.88 Å². The van der Waals surface area contributed by atoms with E-state index in [4.69, 9.17) is 9.26 Å². The highest BCUT2D eigenvalue weighted by Gasteiger charge is 2.34. The van der Waals surface area contributed by atoms with E-state index in [1.54, 1.807) is 25.9 Å². The third-order valence-corrected chi connectivity index (χ3v) is 7.65. The smallest absolute Gasteiger partial charge is 0.253 e. The molecule has 8 nitrogen and oxygen atoms in total. The summed E-state index contributed by atoms with van der Waals surface area (Å²) in [6.45, 7) is 4.13. The highest BCUT2D eigenvalue weighted by molar-refractivity contribution is 7.95. The van der Waals surface area contributed by atoms with Gasteiger partial charge in [0.05, 0.1) is 13.2 Å². The summed E-state index contributed by atoms with van der Waals surface area (Å²) in [5.41, 5.74) is 2.87. The average Bonchev–Trinajstić information content (AvgIpc) is 3.17. The third-order valence-electron chi connectivity index (χ3n) is 5.89. The molecule has 174 valence electrons. The second-order valence-corrected chi connectivity index (χ2v) is 9.77. The van der Waals surface area contributed by atoms with Crippen LogP contribution in [0.25, 0.3) is 11.1 Å². The van der Waals surface area contributed by atoms with Crippen molar-refractivity contribution in [1.82, 2.24) is 14.8 Å². The van der Waals surface area contributed by atoms with Gasteiger partial charge in [0.2, 0.25) is 4.90 Å². The lowest BCUT2D eigenvalue weighted by atomic mass is 10.0. The first-order valence-corrected chi connectivity index (χ1v) is 12.3. The van der Waals surface area contributed by atoms with Crippen molar-refractivity contribution in [3.05, 3.63) is 65.5 Å². The van der Waals surface area contributed by atoms with Crippen LogP contribution in [0.2, 0.25) is 0 Å². The Balaban J connectivity index is 1.38. The molecule has 0 spiro atoms. The topological polar surface area (TPSA) is 108 Å². The molecular weight excluding hydrogens is 442 g/mol. The predicted molar refractivity (Wildman–Crippen MR) is 124 cm³/mol. The molecule has 2 aromatic carbocycles. The number of aromatic nitrogens is 1. The molecule has 0 saturated carbocycles. The molecule has 4 rings (SSSR count). The number of aryl methyl sites for hydroxylation is 2. The Kier molecular flexibility index (Phi) is 6.64. The van der Waals surface area contributed by atoms with Gasteiger partial charge in [0, 0.05) is 31.1 Å². The van der Waals surface area contributed by atoms with Crippen LogP contribution in [-0.2, 0) is 14.6 Å². The number of benzene rings is 2. The number of piperidine rings is 1. The SMILES string of the molecule is COc1ccccc1-c1ccc(C(=O)N2CCC(N[S+](=O)([O-])c3c(C)noc3C)CC2)cc1. The Hall–Kier alpha value is -3.01. The van der Waals surface area contributed by atoms with Gasteiger partial charge in [0.1, 0.15) is 11.4 Å². The maximum Gasteiger partial charge on any atom is 0.253 e. The quantitative estimate of drug-likeness (QED) is 0.551. The second-order valence-electron chi connectivity index (χ2n) is 8.12. The average molecular weight is 470 g/mol. The first kappa shape index (κ1) is 23.2. The van der Waals surface area contributed by atoms with Crippen LogP contribution in [0.1, 0.15) is 34.7 Å². The molecule has 9 heteroatoms. The molecule has 1 aliphatic heterocycles. The van der Waals surface area contributed by atoms with Gasteiger partial charge in [-0.05, 0) is 43.5 Å². The van der Waals surface area contributed by atoms with E-state index in [9.17, 15) is 13.6 Å². The number of sulfonamides is 1. The van der Waals surface area contributed by atoms with Crippen molar-refractivity contribution in [2.75, 3.05) is 20.2 Å². The summed E-state index contributed by atoms with van der Waals surface area (Å²) in [4.78, 5) is 14.8. The third kappa shape index (κ3) is 4.85. The Morgan fingerprint density at radius 2 is 1.82 bits per heavy atom. The number of hydrogen-bond donors (Lipinski definition) is 1. The molecule has 1 amide bonds. The number of nitrogens with one attached hydrogen (secondary N) is 1. The van der Waals surface area contributed by atoms with Crippen LogP contribution >= 0.6 is 0 Å². The van der Waals surface area contributed by atoms with Crippen molar-refractivity contribution in [3.8, 4) is 16.9 Å². The molecule has 1 saturated heterocycles. The maximum atomic E-state index is 13.0. The van der Waals surface area contributed by atoms with E-state index in [1.165, 1.54) is 0 Å². The zero-order chi connectivity index (χ0) is 23.6. The summed E-state index contributed by atoms with van der Waals surface area (Å²) in [6, 6.07) is 14.9. The minimum Gasteiger partial charge on any atom is -0.593 e. The number of nitrogens with zero attached hydrogens (tertiary/aromatic N) is 2. The van der Waals surface area contributed by atoms with Crippen LogP contribution in [0.5, 0.6) is 5.75 Å². The monoisotopic (exact) mass is 469 g/mol. The lowest BCUT2D eigenvalue weighted by Gasteiger charge is -2.32. The van der Waals surface area contributed by atoms with E-state index in [0.29, 0.717) is 37.2 Å². The lowest BCUT2D eigenvalue weighted by Crippen LogP contribution is -2.48. The van der Waals surface area contributed by atoms with Crippen LogP contribution in [-0.4, -0.2) is 46.8 Å². The minimum atomic E-state index is -3.72. The van der Waals surface area contributed by atoms with Crippen LogP contribution in [0.4, 0.5) is 0 Å². The van der Waals surface area contributed by atoms with Crippen LogP contribution in [0, 0.1) is 13.8 Å².